The Morgan fingerprint density at radius 1 is 1.31 bits per heavy atom. The second-order valence-corrected chi connectivity index (χ2v) is 7.21. The van der Waals surface area contributed by atoms with Gasteiger partial charge in [0.2, 0.25) is 0 Å². The third-order valence-electron chi connectivity index (χ3n) is 5.10. The van der Waals surface area contributed by atoms with Gasteiger partial charge >= 0.3 is 6.09 Å². The summed E-state index contributed by atoms with van der Waals surface area (Å²) >= 11 is 0. The molecule has 0 saturated carbocycles. The molecular formula is C19H20FN3O3. The van der Waals surface area contributed by atoms with E-state index in [1.54, 1.807) is 35.9 Å². The van der Waals surface area contributed by atoms with E-state index < -0.39 is 5.60 Å². The number of piperidine rings is 1. The predicted molar refractivity (Wildman–Crippen MR) is 93.4 cm³/mol. The molecule has 1 atom stereocenters. The molecule has 1 spiro atoms. The maximum Gasteiger partial charge on any atom is 0.410 e. The Hall–Kier alpha value is -2.70. The topological polar surface area (TPSA) is 62.7 Å². The maximum atomic E-state index is 13.5. The van der Waals surface area contributed by atoms with Crippen LogP contribution < -0.4 is 0 Å². The Morgan fingerprint density at radius 3 is 2.85 bits per heavy atom. The van der Waals surface area contributed by atoms with Gasteiger partial charge in [0.1, 0.15) is 11.4 Å². The number of halogens is 1. The minimum Gasteiger partial charge on any atom is -0.439 e. The third kappa shape index (κ3) is 2.77. The van der Waals surface area contributed by atoms with E-state index in [2.05, 4.69) is 4.98 Å². The molecule has 136 valence electrons. The van der Waals surface area contributed by atoms with Gasteiger partial charge in [-0.2, -0.15) is 0 Å². The first kappa shape index (κ1) is 16.8. The van der Waals surface area contributed by atoms with E-state index in [4.69, 9.17) is 4.74 Å². The van der Waals surface area contributed by atoms with E-state index in [0.717, 1.165) is 12.8 Å². The highest BCUT2D eigenvalue weighted by Crippen LogP contribution is 2.32. The number of benzene rings is 1. The second kappa shape index (κ2) is 5.93. The van der Waals surface area contributed by atoms with Crippen LogP contribution in [0.15, 0.2) is 24.3 Å². The highest BCUT2D eigenvalue weighted by Gasteiger charge is 2.47. The Labute approximate surface area is 150 Å². The summed E-state index contributed by atoms with van der Waals surface area (Å²) in [6.45, 7) is 3.24. The molecule has 0 aliphatic carbocycles. The van der Waals surface area contributed by atoms with Gasteiger partial charge in [-0.25, -0.2) is 9.18 Å². The zero-order chi connectivity index (χ0) is 18.5. The Kier molecular flexibility index (Phi) is 3.82. The number of aromatic nitrogens is 1. The van der Waals surface area contributed by atoms with Crippen molar-refractivity contribution in [2.45, 2.75) is 25.4 Å². The minimum absolute atomic E-state index is 0.142. The molecule has 2 amide bonds. The lowest BCUT2D eigenvalue weighted by Crippen LogP contribution is -2.52. The van der Waals surface area contributed by atoms with Gasteiger partial charge in [-0.3, -0.25) is 9.78 Å². The van der Waals surface area contributed by atoms with E-state index in [9.17, 15) is 14.0 Å². The van der Waals surface area contributed by atoms with E-state index in [-0.39, 0.29) is 17.8 Å². The molecule has 0 N–H and O–H groups in total. The van der Waals surface area contributed by atoms with Crippen LogP contribution in [0.4, 0.5) is 9.18 Å². The van der Waals surface area contributed by atoms with Gasteiger partial charge in [-0.1, -0.05) is 0 Å². The molecule has 2 aliphatic rings. The van der Waals surface area contributed by atoms with Gasteiger partial charge in [-0.15, -0.1) is 0 Å². The zero-order valence-corrected chi connectivity index (χ0v) is 14.8. The molecule has 0 unspecified atom stereocenters. The average molecular weight is 357 g/mol. The number of carbonyl (C=O) groups is 2. The SMILES string of the molecule is Cc1cc(C(=O)N2CCC[C@]3(CN(C)C(=O)O3)C2)c2ccc(F)cc2n1. The van der Waals surface area contributed by atoms with Crippen molar-refractivity contribution in [2.24, 2.45) is 0 Å². The summed E-state index contributed by atoms with van der Waals surface area (Å²) in [5.74, 6) is -0.524. The maximum absolute atomic E-state index is 13.5. The Bertz CT molecular complexity index is 911. The number of amides is 2. The standard InChI is InChI=1S/C19H20FN3O3/c1-12-8-15(14-5-4-13(20)9-16(14)21-12)17(24)23-7-3-6-19(11-23)10-22(2)18(25)26-19/h4-5,8-9H,3,6-7,10-11H2,1-2H3/t19-/m0/s1. The van der Waals surface area contributed by atoms with Crippen LogP contribution in [0.2, 0.25) is 0 Å². The molecule has 4 rings (SSSR count). The number of pyridine rings is 1. The molecule has 7 heteroatoms. The lowest BCUT2D eigenvalue weighted by molar-refractivity contribution is -0.00514. The Balaban J connectivity index is 1.68. The molecule has 26 heavy (non-hydrogen) atoms. The van der Waals surface area contributed by atoms with Crippen molar-refractivity contribution in [3.8, 4) is 0 Å². The second-order valence-electron chi connectivity index (χ2n) is 7.21. The fraction of sp³-hybridized carbons (Fsp3) is 0.421. The van der Waals surface area contributed by atoms with E-state index in [0.29, 0.717) is 41.8 Å². The number of likely N-dealkylation sites (N-methyl/N-ethyl adjacent to an activating group) is 1. The lowest BCUT2D eigenvalue weighted by Gasteiger charge is -2.38. The van der Waals surface area contributed by atoms with Crippen LogP contribution in [0.5, 0.6) is 0 Å². The molecule has 6 nitrogen and oxygen atoms in total. The molecule has 1 aromatic heterocycles. The largest absolute Gasteiger partial charge is 0.439 e. The van der Waals surface area contributed by atoms with Crippen LogP contribution in [-0.2, 0) is 4.74 Å². The fourth-order valence-corrected chi connectivity index (χ4v) is 3.96. The number of hydrogen-bond acceptors (Lipinski definition) is 4. The summed E-state index contributed by atoms with van der Waals surface area (Å²) in [5, 5.41) is 0.627. The van der Waals surface area contributed by atoms with Crippen molar-refractivity contribution in [1.29, 1.82) is 0 Å². The highest BCUT2D eigenvalue weighted by atomic mass is 19.1. The van der Waals surface area contributed by atoms with Crippen molar-refractivity contribution in [1.82, 2.24) is 14.8 Å². The first-order valence-electron chi connectivity index (χ1n) is 8.67. The molecular weight excluding hydrogens is 337 g/mol. The van der Waals surface area contributed by atoms with Crippen LogP contribution in [0.3, 0.4) is 0 Å². The van der Waals surface area contributed by atoms with Gasteiger partial charge in [0.25, 0.3) is 5.91 Å². The highest BCUT2D eigenvalue weighted by molar-refractivity contribution is 6.06. The van der Waals surface area contributed by atoms with Crippen molar-refractivity contribution in [3.63, 3.8) is 0 Å². The first-order valence-corrected chi connectivity index (χ1v) is 8.67. The number of fused-ring (bicyclic) bond motifs is 1. The normalized spacial score (nSPS) is 23.0. The molecule has 3 heterocycles. The average Bonchev–Trinajstić information content (AvgIpc) is 2.86. The van der Waals surface area contributed by atoms with E-state index >= 15 is 0 Å². The molecule has 0 bridgehead atoms. The number of ether oxygens (including phenoxy) is 1. The fourth-order valence-electron chi connectivity index (χ4n) is 3.96. The molecule has 2 aromatic rings. The number of nitrogens with zero attached hydrogens (tertiary/aromatic N) is 3. The quantitative estimate of drug-likeness (QED) is 0.787. The van der Waals surface area contributed by atoms with Crippen LogP contribution in [0.25, 0.3) is 10.9 Å². The van der Waals surface area contributed by atoms with Gasteiger partial charge in [0.15, 0.2) is 0 Å². The van der Waals surface area contributed by atoms with Crippen molar-refractivity contribution >= 4 is 22.9 Å². The van der Waals surface area contributed by atoms with Crippen molar-refractivity contribution in [2.75, 3.05) is 26.7 Å². The molecule has 2 fully saturated rings. The van der Waals surface area contributed by atoms with Gasteiger partial charge in [0, 0.05) is 30.7 Å². The van der Waals surface area contributed by atoms with Crippen LogP contribution in [0, 0.1) is 12.7 Å². The van der Waals surface area contributed by atoms with Crippen LogP contribution in [0.1, 0.15) is 28.9 Å². The molecule has 0 radical (unpaired) electrons. The number of rotatable bonds is 1. The molecule has 2 aliphatic heterocycles. The zero-order valence-electron chi connectivity index (χ0n) is 14.8. The molecule has 1 aromatic carbocycles. The predicted octanol–water partition coefficient (Wildman–Crippen LogP) is 2.74. The Morgan fingerprint density at radius 2 is 2.12 bits per heavy atom. The van der Waals surface area contributed by atoms with Gasteiger partial charge in [-0.05, 0) is 38.0 Å². The monoisotopic (exact) mass is 357 g/mol. The number of likely N-dealkylation sites (tertiary alicyclic amines) is 1. The number of hydrogen-bond donors (Lipinski definition) is 0. The minimum atomic E-state index is -0.635. The van der Waals surface area contributed by atoms with E-state index in [1.165, 1.54) is 12.1 Å². The summed E-state index contributed by atoms with van der Waals surface area (Å²) in [7, 11) is 1.70. The summed E-state index contributed by atoms with van der Waals surface area (Å²) < 4.78 is 19.1. The molecule has 2 saturated heterocycles. The smallest absolute Gasteiger partial charge is 0.410 e. The number of aryl methyl sites for hydroxylation is 1. The van der Waals surface area contributed by atoms with Gasteiger partial charge < -0.3 is 14.5 Å². The first-order chi connectivity index (χ1) is 12.4. The van der Waals surface area contributed by atoms with Crippen molar-refractivity contribution < 1.29 is 18.7 Å². The lowest BCUT2D eigenvalue weighted by atomic mass is 9.92. The van der Waals surface area contributed by atoms with Crippen LogP contribution in [-0.4, -0.2) is 59.1 Å². The summed E-state index contributed by atoms with van der Waals surface area (Å²) in [6.07, 6.45) is 1.16. The summed E-state index contributed by atoms with van der Waals surface area (Å²) in [5.41, 5.74) is 0.989. The van der Waals surface area contributed by atoms with Crippen molar-refractivity contribution in [3.05, 3.63) is 41.3 Å². The summed E-state index contributed by atoms with van der Waals surface area (Å²) in [6, 6.07) is 6.00. The number of carbonyl (C=O) groups excluding carboxylic acids is 2. The van der Waals surface area contributed by atoms with Crippen LogP contribution >= 0.6 is 0 Å². The van der Waals surface area contributed by atoms with Gasteiger partial charge in [0.05, 0.1) is 24.2 Å². The third-order valence-corrected chi connectivity index (χ3v) is 5.10. The van der Waals surface area contributed by atoms with E-state index in [1.807, 2.05) is 0 Å². The summed E-state index contributed by atoms with van der Waals surface area (Å²) in [4.78, 5) is 32.6.